The monoisotopic (exact) mass is 147 g/mol. The second kappa shape index (κ2) is 2.36. The molecule has 0 saturated heterocycles. The summed E-state index contributed by atoms with van der Waals surface area (Å²) in [6.45, 7) is 0. The normalized spacial score (nSPS) is 9.67. The van der Waals surface area contributed by atoms with Gasteiger partial charge in [-0.15, -0.1) is 9.24 Å². The third kappa shape index (κ3) is 1.68. The fourth-order valence-electron chi connectivity index (χ4n) is 0.483. The van der Waals surface area contributed by atoms with Crippen LogP contribution >= 0.6 is 9.24 Å². The Kier molecular flexibility index (Phi) is 1.72. The maximum atomic E-state index is 12.1. The van der Waals surface area contributed by atoms with Gasteiger partial charge in [0.1, 0.15) is 0 Å². The van der Waals surface area contributed by atoms with Gasteiger partial charge in [0.2, 0.25) is 11.9 Å². The molecular weight excluding hydrogens is 143 g/mol. The highest BCUT2D eigenvalue weighted by Crippen LogP contribution is 1.95. The van der Waals surface area contributed by atoms with E-state index in [4.69, 9.17) is 0 Å². The van der Waals surface area contributed by atoms with E-state index in [1.165, 1.54) is 0 Å². The summed E-state index contributed by atoms with van der Waals surface area (Å²) >= 11 is 0. The minimum atomic E-state index is -0.792. The van der Waals surface area contributed by atoms with Gasteiger partial charge in [-0.05, 0) is 5.30 Å². The molecule has 4 heteroatoms. The standard InChI is InChI=1S/C5H4F2NP/c6-4-1-3(9)2-5(7)8-4/h1-2H,9H2. The Balaban J connectivity index is 3.17. The van der Waals surface area contributed by atoms with Crippen LogP contribution in [0.3, 0.4) is 0 Å². The Bertz CT molecular complexity index is 176. The van der Waals surface area contributed by atoms with Gasteiger partial charge in [0.15, 0.2) is 0 Å². The van der Waals surface area contributed by atoms with Crippen molar-refractivity contribution in [1.29, 1.82) is 0 Å². The average molecular weight is 147 g/mol. The number of pyridine rings is 1. The molecule has 1 aromatic rings. The molecule has 1 atom stereocenters. The van der Waals surface area contributed by atoms with Crippen molar-refractivity contribution in [2.75, 3.05) is 0 Å². The highest BCUT2D eigenvalue weighted by atomic mass is 31.0. The molecule has 0 spiro atoms. The lowest BCUT2D eigenvalue weighted by molar-refractivity contribution is 0.514. The quantitative estimate of drug-likeness (QED) is 0.391. The van der Waals surface area contributed by atoms with Crippen molar-refractivity contribution in [3.05, 3.63) is 24.0 Å². The summed E-state index contributed by atoms with van der Waals surface area (Å²) in [6.07, 6.45) is 0. The predicted octanol–water partition coefficient (Wildman–Crippen LogP) is 0.860. The Labute approximate surface area is 53.3 Å². The molecular formula is C5H4F2NP. The molecule has 0 saturated carbocycles. The number of aromatic nitrogens is 1. The molecule has 1 aromatic heterocycles. The molecule has 0 bridgehead atoms. The summed E-state index contributed by atoms with van der Waals surface area (Å²) in [4.78, 5) is 2.89. The minimum absolute atomic E-state index is 0.458. The van der Waals surface area contributed by atoms with Gasteiger partial charge < -0.3 is 0 Å². The molecule has 9 heavy (non-hydrogen) atoms. The van der Waals surface area contributed by atoms with E-state index in [0.717, 1.165) is 12.1 Å². The van der Waals surface area contributed by atoms with E-state index in [-0.39, 0.29) is 0 Å². The summed E-state index contributed by atoms with van der Waals surface area (Å²) in [7, 11) is 2.18. The molecule has 0 aliphatic heterocycles. The lowest BCUT2D eigenvalue weighted by Crippen LogP contribution is -1.97. The number of hydrogen-bond acceptors (Lipinski definition) is 1. The second-order valence-corrected chi connectivity index (χ2v) is 2.21. The molecule has 1 nitrogen and oxygen atoms in total. The van der Waals surface area contributed by atoms with E-state index >= 15 is 0 Å². The molecule has 1 unspecified atom stereocenters. The Morgan fingerprint density at radius 3 is 2.00 bits per heavy atom. The lowest BCUT2D eigenvalue weighted by atomic mass is 10.5. The Hall–Kier alpha value is -0.560. The molecule has 1 rings (SSSR count). The van der Waals surface area contributed by atoms with Crippen LogP contribution in [-0.2, 0) is 0 Å². The Morgan fingerprint density at radius 2 is 1.67 bits per heavy atom. The van der Waals surface area contributed by atoms with Crippen LogP contribution in [0.1, 0.15) is 0 Å². The highest BCUT2D eigenvalue weighted by molar-refractivity contribution is 7.27. The van der Waals surface area contributed by atoms with Crippen molar-refractivity contribution in [2.24, 2.45) is 0 Å². The maximum Gasteiger partial charge on any atom is 0.216 e. The van der Waals surface area contributed by atoms with Crippen LogP contribution in [-0.4, -0.2) is 4.98 Å². The largest absolute Gasteiger partial charge is 0.216 e. The smallest absolute Gasteiger partial charge is 0.191 e. The van der Waals surface area contributed by atoms with Gasteiger partial charge in [-0.1, -0.05) is 0 Å². The van der Waals surface area contributed by atoms with E-state index in [1.54, 1.807) is 0 Å². The zero-order chi connectivity index (χ0) is 6.85. The Morgan fingerprint density at radius 1 is 1.22 bits per heavy atom. The first-order chi connectivity index (χ1) is 4.18. The van der Waals surface area contributed by atoms with Gasteiger partial charge in [-0.25, -0.2) is 0 Å². The van der Waals surface area contributed by atoms with Crippen LogP contribution in [0.5, 0.6) is 0 Å². The van der Waals surface area contributed by atoms with E-state index in [9.17, 15) is 8.78 Å². The minimum Gasteiger partial charge on any atom is -0.191 e. The zero-order valence-corrected chi connectivity index (χ0v) is 5.59. The van der Waals surface area contributed by atoms with Gasteiger partial charge >= 0.3 is 0 Å². The molecule has 0 N–H and O–H groups in total. The van der Waals surface area contributed by atoms with E-state index in [1.807, 2.05) is 0 Å². The summed E-state index contributed by atoms with van der Waals surface area (Å²) in [5.74, 6) is -1.58. The molecule has 1 heterocycles. The van der Waals surface area contributed by atoms with Crippen LogP contribution in [0.15, 0.2) is 12.1 Å². The van der Waals surface area contributed by atoms with Crippen LogP contribution in [0.25, 0.3) is 0 Å². The van der Waals surface area contributed by atoms with Gasteiger partial charge in [-0.2, -0.15) is 13.8 Å². The molecule has 0 amide bonds. The van der Waals surface area contributed by atoms with Crippen LogP contribution in [0, 0.1) is 11.9 Å². The number of rotatable bonds is 0. The van der Waals surface area contributed by atoms with Crippen molar-refractivity contribution in [1.82, 2.24) is 4.98 Å². The van der Waals surface area contributed by atoms with Gasteiger partial charge in [0.05, 0.1) is 0 Å². The fourth-order valence-corrected chi connectivity index (χ4v) is 0.758. The number of halogens is 2. The first-order valence-corrected chi connectivity index (χ1v) is 2.85. The lowest BCUT2D eigenvalue weighted by Gasteiger charge is -1.90. The fraction of sp³-hybridized carbons (Fsp3) is 0. The van der Waals surface area contributed by atoms with Crippen molar-refractivity contribution in [3.63, 3.8) is 0 Å². The number of hydrogen-bond donors (Lipinski definition) is 0. The first-order valence-electron chi connectivity index (χ1n) is 2.27. The van der Waals surface area contributed by atoms with Crippen LogP contribution in [0.2, 0.25) is 0 Å². The van der Waals surface area contributed by atoms with Gasteiger partial charge in [0, 0.05) is 12.1 Å². The highest BCUT2D eigenvalue weighted by Gasteiger charge is 1.95. The third-order valence-corrected chi connectivity index (χ3v) is 1.12. The molecule has 0 aromatic carbocycles. The molecule has 0 radical (unpaired) electrons. The summed E-state index contributed by atoms with van der Waals surface area (Å²) in [5, 5.41) is 0.458. The first kappa shape index (κ1) is 6.56. The van der Waals surface area contributed by atoms with E-state index in [2.05, 4.69) is 14.2 Å². The van der Waals surface area contributed by atoms with Crippen molar-refractivity contribution in [2.45, 2.75) is 0 Å². The van der Waals surface area contributed by atoms with E-state index < -0.39 is 11.9 Å². The van der Waals surface area contributed by atoms with E-state index in [0.29, 0.717) is 5.30 Å². The van der Waals surface area contributed by atoms with Gasteiger partial charge in [0.25, 0.3) is 0 Å². The number of nitrogens with zero attached hydrogens (tertiary/aromatic N) is 1. The van der Waals surface area contributed by atoms with Crippen molar-refractivity contribution >= 4 is 14.5 Å². The molecule has 0 aliphatic carbocycles. The predicted molar refractivity (Wildman–Crippen MR) is 33.5 cm³/mol. The maximum absolute atomic E-state index is 12.1. The molecule has 48 valence electrons. The average Bonchev–Trinajstić information content (AvgIpc) is 1.59. The zero-order valence-electron chi connectivity index (χ0n) is 4.44. The van der Waals surface area contributed by atoms with Crippen molar-refractivity contribution in [3.8, 4) is 0 Å². The second-order valence-electron chi connectivity index (χ2n) is 1.55. The summed E-state index contributed by atoms with van der Waals surface area (Å²) in [6, 6.07) is 2.27. The van der Waals surface area contributed by atoms with Crippen molar-refractivity contribution < 1.29 is 8.78 Å². The summed E-state index contributed by atoms with van der Waals surface area (Å²) < 4.78 is 24.1. The molecule has 0 aliphatic rings. The topological polar surface area (TPSA) is 12.9 Å². The third-order valence-electron chi connectivity index (χ3n) is 0.785. The van der Waals surface area contributed by atoms with Gasteiger partial charge in [-0.3, -0.25) is 0 Å². The van der Waals surface area contributed by atoms with Crippen LogP contribution in [0.4, 0.5) is 8.78 Å². The summed E-state index contributed by atoms with van der Waals surface area (Å²) in [5.41, 5.74) is 0. The van der Waals surface area contributed by atoms with Crippen LogP contribution < -0.4 is 5.30 Å². The molecule has 0 fully saturated rings. The SMILES string of the molecule is Fc1cc(P)cc(F)n1.